The number of ether oxygens (including phenoxy) is 1. The summed E-state index contributed by atoms with van der Waals surface area (Å²) in [6.45, 7) is 1.83. The topological polar surface area (TPSA) is 56.5 Å². The summed E-state index contributed by atoms with van der Waals surface area (Å²) in [5.74, 6) is -0.0361. The summed E-state index contributed by atoms with van der Waals surface area (Å²) in [6, 6.07) is 9.98. The van der Waals surface area contributed by atoms with Crippen LogP contribution in [0, 0.1) is 6.92 Å². The van der Waals surface area contributed by atoms with Crippen LogP contribution in [-0.2, 0) is 0 Å². The maximum absolute atomic E-state index is 11.7. The summed E-state index contributed by atoms with van der Waals surface area (Å²) >= 11 is 0. The van der Waals surface area contributed by atoms with Gasteiger partial charge in [0.2, 0.25) is 5.76 Å². The van der Waals surface area contributed by atoms with Gasteiger partial charge in [0.15, 0.2) is 12.0 Å². The van der Waals surface area contributed by atoms with Crippen molar-refractivity contribution in [3.63, 3.8) is 0 Å². The van der Waals surface area contributed by atoms with Gasteiger partial charge in [-0.2, -0.15) is 0 Å². The molecule has 0 aliphatic rings. The lowest BCUT2D eigenvalue weighted by molar-refractivity contribution is 0.0698. The lowest BCUT2D eigenvalue weighted by Crippen LogP contribution is -2.08. The van der Waals surface area contributed by atoms with Crippen LogP contribution >= 0.6 is 0 Å². The van der Waals surface area contributed by atoms with Crippen LogP contribution in [0.1, 0.15) is 26.7 Å². The van der Waals surface area contributed by atoms with Gasteiger partial charge in [-0.25, -0.2) is 4.79 Å². The molecule has 0 saturated heterocycles. The molecule has 0 saturated carbocycles. The molecule has 0 N–H and O–H groups in total. The van der Waals surface area contributed by atoms with E-state index in [1.165, 1.54) is 12.1 Å². The number of carbonyl (C=O) groups is 2. The van der Waals surface area contributed by atoms with Crippen LogP contribution in [-0.4, -0.2) is 12.3 Å². The fourth-order valence-corrected chi connectivity index (χ4v) is 1.35. The number of benzene rings is 1. The molecule has 0 spiro atoms. The van der Waals surface area contributed by atoms with Crippen LogP contribution in [0.15, 0.2) is 40.8 Å². The second-order valence-electron chi connectivity index (χ2n) is 3.47. The minimum Gasteiger partial charge on any atom is -0.446 e. The van der Waals surface area contributed by atoms with E-state index in [0.717, 1.165) is 5.56 Å². The third kappa shape index (κ3) is 2.42. The number of rotatable bonds is 3. The van der Waals surface area contributed by atoms with Crippen LogP contribution in [0.5, 0.6) is 5.75 Å². The largest absolute Gasteiger partial charge is 0.446 e. The first-order valence-electron chi connectivity index (χ1n) is 5.03. The highest BCUT2D eigenvalue weighted by Crippen LogP contribution is 2.18. The van der Waals surface area contributed by atoms with Gasteiger partial charge in [-0.15, -0.1) is 0 Å². The van der Waals surface area contributed by atoms with Gasteiger partial charge in [-0.1, -0.05) is 18.2 Å². The van der Waals surface area contributed by atoms with Gasteiger partial charge in [0.25, 0.3) is 0 Å². The Morgan fingerprint density at radius 3 is 2.65 bits per heavy atom. The average Bonchev–Trinajstić information content (AvgIpc) is 2.81. The van der Waals surface area contributed by atoms with Gasteiger partial charge in [0, 0.05) is 0 Å². The van der Waals surface area contributed by atoms with Crippen molar-refractivity contribution < 1.29 is 18.7 Å². The van der Waals surface area contributed by atoms with E-state index in [1.807, 2.05) is 19.1 Å². The molecule has 1 heterocycles. The third-order valence-corrected chi connectivity index (χ3v) is 2.24. The standard InChI is InChI=1S/C13H10O4/c1-9-4-2-3-5-11(9)17-13(15)12-7-6-10(8-14)16-12/h2-8H,1H3. The smallest absolute Gasteiger partial charge is 0.379 e. The molecule has 2 aromatic rings. The second-order valence-corrected chi connectivity index (χ2v) is 3.47. The van der Waals surface area contributed by atoms with Crippen LogP contribution in [0.4, 0.5) is 0 Å². The molecule has 0 atom stereocenters. The number of furan rings is 1. The van der Waals surface area contributed by atoms with Crippen molar-refractivity contribution in [3.05, 3.63) is 53.5 Å². The minimum atomic E-state index is -0.618. The summed E-state index contributed by atoms with van der Waals surface area (Å²) in [5, 5.41) is 0. The van der Waals surface area contributed by atoms with Crippen molar-refractivity contribution in [3.8, 4) is 5.75 Å². The zero-order valence-electron chi connectivity index (χ0n) is 9.17. The number of hydrogen-bond donors (Lipinski definition) is 0. The fraction of sp³-hybridized carbons (Fsp3) is 0.0769. The Morgan fingerprint density at radius 1 is 1.24 bits per heavy atom. The summed E-state index contributed by atoms with van der Waals surface area (Å²) in [7, 11) is 0. The number of para-hydroxylation sites is 1. The molecule has 86 valence electrons. The highest BCUT2D eigenvalue weighted by atomic mass is 16.5. The molecule has 0 unspecified atom stereocenters. The van der Waals surface area contributed by atoms with Crippen LogP contribution in [0.25, 0.3) is 0 Å². The highest BCUT2D eigenvalue weighted by Gasteiger charge is 2.14. The summed E-state index contributed by atoms with van der Waals surface area (Å²) in [6.07, 6.45) is 0.532. The summed E-state index contributed by atoms with van der Waals surface area (Å²) in [5.41, 5.74) is 0.850. The Morgan fingerprint density at radius 2 is 2.00 bits per heavy atom. The SMILES string of the molecule is Cc1ccccc1OC(=O)c1ccc(C=O)o1. The van der Waals surface area contributed by atoms with E-state index in [1.54, 1.807) is 12.1 Å². The van der Waals surface area contributed by atoms with Crippen LogP contribution in [0.2, 0.25) is 0 Å². The van der Waals surface area contributed by atoms with E-state index in [-0.39, 0.29) is 11.5 Å². The lowest BCUT2D eigenvalue weighted by Gasteiger charge is -2.04. The average molecular weight is 230 g/mol. The van der Waals surface area contributed by atoms with Gasteiger partial charge in [0.1, 0.15) is 5.75 Å². The van der Waals surface area contributed by atoms with E-state index in [0.29, 0.717) is 12.0 Å². The van der Waals surface area contributed by atoms with Crippen LogP contribution < -0.4 is 4.74 Å². The van der Waals surface area contributed by atoms with Crippen molar-refractivity contribution in [1.82, 2.24) is 0 Å². The van der Waals surface area contributed by atoms with E-state index in [2.05, 4.69) is 0 Å². The van der Waals surface area contributed by atoms with Crippen molar-refractivity contribution >= 4 is 12.3 Å². The maximum atomic E-state index is 11.7. The predicted molar refractivity (Wildman–Crippen MR) is 60.2 cm³/mol. The van der Waals surface area contributed by atoms with Crippen molar-refractivity contribution in [2.75, 3.05) is 0 Å². The molecule has 1 aromatic heterocycles. The van der Waals surface area contributed by atoms with Crippen LogP contribution in [0.3, 0.4) is 0 Å². The molecule has 1 aromatic carbocycles. The molecule has 0 bridgehead atoms. The Balaban J connectivity index is 2.17. The van der Waals surface area contributed by atoms with Crippen molar-refractivity contribution in [2.24, 2.45) is 0 Å². The Kier molecular flexibility index (Phi) is 3.05. The lowest BCUT2D eigenvalue weighted by atomic mass is 10.2. The molecule has 0 amide bonds. The molecule has 4 nitrogen and oxygen atoms in total. The number of aldehydes is 1. The molecular weight excluding hydrogens is 220 g/mol. The van der Waals surface area contributed by atoms with Gasteiger partial charge < -0.3 is 9.15 Å². The molecule has 0 aliphatic heterocycles. The maximum Gasteiger partial charge on any atom is 0.379 e. The molecular formula is C13H10O4. The number of esters is 1. The van der Waals surface area contributed by atoms with Crippen molar-refractivity contribution in [2.45, 2.75) is 6.92 Å². The molecule has 17 heavy (non-hydrogen) atoms. The van der Waals surface area contributed by atoms with E-state index < -0.39 is 5.97 Å². The zero-order chi connectivity index (χ0) is 12.3. The first kappa shape index (κ1) is 11.1. The van der Waals surface area contributed by atoms with Gasteiger partial charge in [-0.3, -0.25) is 4.79 Å². The third-order valence-electron chi connectivity index (χ3n) is 2.24. The van der Waals surface area contributed by atoms with Gasteiger partial charge in [-0.05, 0) is 30.7 Å². The molecule has 0 fully saturated rings. The van der Waals surface area contributed by atoms with Gasteiger partial charge in [0.05, 0.1) is 0 Å². The van der Waals surface area contributed by atoms with Gasteiger partial charge >= 0.3 is 5.97 Å². The van der Waals surface area contributed by atoms with E-state index >= 15 is 0 Å². The first-order chi connectivity index (χ1) is 8.20. The number of carbonyl (C=O) groups excluding carboxylic acids is 2. The molecule has 2 rings (SSSR count). The van der Waals surface area contributed by atoms with E-state index in [4.69, 9.17) is 9.15 Å². The molecule has 0 aliphatic carbocycles. The Hall–Kier alpha value is -2.36. The fourth-order valence-electron chi connectivity index (χ4n) is 1.35. The van der Waals surface area contributed by atoms with Crippen molar-refractivity contribution in [1.29, 1.82) is 0 Å². The predicted octanol–water partition coefficient (Wildman–Crippen LogP) is 2.62. The molecule has 0 radical (unpaired) electrons. The number of hydrogen-bond acceptors (Lipinski definition) is 4. The second kappa shape index (κ2) is 4.65. The number of aryl methyl sites for hydroxylation is 1. The normalized spacial score (nSPS) is 9.94. The minimum absolute atomic E-state index is 0.00959. The Bertz CT molecular complexity index is 554. The zero-order valence-corrected chi connectivity index (χ0v) is 9.17. The van der Waals surface area contributed by atoms with E-state index in [9.17, 15) is 9.59 Å². The highest BCUT2D eigenvalue weighted by molar-refractivity contribution is 5.89. The monoisotopic (exact) mass is 230 g/mol. The molecule has 4 heteroatoms. The first-order valence-corrected chi connectivity index (χ1v) is 5.03. The Labute approximate surface area is 97.8 Å². The summed E-state index contributed by atoms with van der Waals surface area (Å²) in [4.78, 5) is 22.1. The summed E-state index contributed by atoms with van der Waals surface area (Å²) < 4.78 is 10.1. The quantitative estimate of drug-likeness (QED) is 0.462.